The standard InChI is InChI=1S/C13H15N3O2/c1-16(2)13-9-5-3-4-6-10(9)14-11(15-13)7-8-12(17)18/h3-6H,7-8H2,1-2H3,(H,17,18). The summed E-state index contributed by atoms with van der Waals surface area (Å²) in [4.78, 5) is 21.3. The number of nitrogens with zero attached hydrogens (tertiary/aromatic N) is 3. The number of benzene rings is 1. The van der Waals surface area contributed by atoms with Gasteiger partial charge in [0.15, 0.2) is 0 Å². The summed E-state index contributed by atoms with van der Waals surface area (Å²) in [6, 6.07) is 7.73. The third-order valence-electron chi connectivity index (χ3n) is 2.62. The number of rotatable bonds is 4. The molecular weight excluding hydrogens is 230 g/mol. The largest absolute Gasteiger partial charge is 0.481 e. The molecule has 1 aromatic carbocycles. The van der Waals surface area contributed by atoms with Gasteiger partial charge in [-0.15, -0.1) is 0 Å². The van der Waals surface area contributed by atoms with E-state index in [1.54, 1.807) is 0 Å². The first kappa shape index (κ1) is 12.3. The monoisotopic (exact) mass is 245 g/mol. The normalized spacial score (nSPS) is 10.6. The van der Waals surface area contributed by atoms with E-state index in [1.807, 2.05) is 43.3 Å². The molecule has 2 rings (SSSR count). The molecule has 18 heavy (non-hydrogen) atoms. The lowest BCUT2D eigenvalue weighted by molar-refractivity contribution is -0.137. The summed E-state index contributed by atoms with van der Waals surface area (Å²) in [6.45, 7) is 0. The Bertz CT molecular complexity index is 581. The van der Waals surface area contributed by atoms with Crippen molar-refractivity contribution in [3.63, 3.8) is 0 Å². The van der Waals surface area contributed by atoms with Gasteiger partial charge in [0.25, 0.3) is 0 Å². The maximum atomic E-state index is 10.6. The predicted molar refractivity (Wildman–Crippen MR) is 69.8 cm³/mol. The SMILES string of the molecule is CN(C)c1nc(CCC(=O)O)nc2ccccc12. The first-order valence-corrected chi connectivity index (χ1v) is 5.72. The highest BCUT2D eigenvalue weighted by molar-refractivity contribution is 5.89. The minimum atomic E-state index is -0.835. The van der Waals surface area contributed by atoms with E-state index in [1.165, 1.54) is 0 Å². The number of hydrogen-bond donors (Lipinski definition) is 1. The van der Waals surface area contributed by atoms with Crippen LogP contribution in [0.25, 0.3) is 10.9 Å². The Kier molecular flexibility index (Phi) is 3.41. The molecule has 2 aromatic rings. The van der Waals surface area contributed by atoms with Crippen molar-refractivity contribution < 1.29 is 9.90 Å². The molecule has 0 radical (unpaired) electrons. The fourth-order valence-corrected chi connectivity index (χ4v) is 1.78. The van der Waals surface area contributed by atoms with Crippen LogP contribution in [-0.2, 0) is 11.2 Å². The van der Waals surface area contributed by atoms with E-state index in [9.17, 15) is 4.79 Å². The highest BCUT2D eigenvalue weighted by Crippen LogP contribution is 2.22. The summed E-state index contributed by atoms with van der Waals surface area (Å²) >= 11 is 0. The fraction of sp³-hybridized carbons (Fsp3) is 0.308. The molecule has 5 nitrogen and oxygen atoms in total. The quantitative estimate of drug-likeness (QED) is 0.888. The van der Waals surface area contributed by atoms with Gasteiger partial charge in [-0.2, -0.15) is 0 Å². The molecule has 0 fully saturated rings. The van der Waals surface area contributed by atoms with Crippen LogP contribution in [0.2, 0.25) is 0 Å². The van der Waals surface area contributed by atoms with Gasteiger partial charge in [-0.1, -0.05) is 12.1 Å². The first-order chi connectivity index (χ1) is 8.58. The van der Waals surface area contributed by atoms with E-state index < -0.39 is 5.97 Å². The van der Waals surface area contributed by atoms with Crippen molar-refractivity contribution in [1.29, 1.82) is 0 Å². The Labute approximate surface area is 105 Å². The third-order valence-corrected chi connectivity index (χ3v) is 2.62. The molecule has 94 valence electrons. The summed E-state index contributed by atoms with van der Waals surface area (Å²) in [6.07, 6.45) is 0.395. The highest BCUT2D eigenvalue weighted by Gasteiger charge is 2.09. The number of aryl methyl sites for hydroxylation is 1. The summed E-state index contributed by atoms with van der Waals surface area (Å²) < 4.78 is 0. The lowest BCUT2D eigenvalue weighted by Crippen LogP contribution is -2.13. The topological polar surface area (TPSA) is 66.3 Å². The lowest BCUT2D eigenvalue weighted by atomic mass is 10.2. The molecule has 0 aliphatic rings. The van der Waals surface area contributed by atoms with Crippen molar-refractivity contribution in [3.05, 3.63) is 30.1 Å². The number of carboxylic acids is 1. The van der Waals surface area contributed by atoms with Crippen molar-refractivity contribution in [2.24, 2.45) is 0 Å². The van der Waals surface area contributed by atoms with Gasteiger partial charge in [-0.3, -0.25) is 4.79 Å². The van der Waals surface area contributed by atoms with Crippen LogP contribution in [0.1, 0.15) is 12.2 Å². The Morgan fingerprint density at radius 1 is 1.28 bits per heavy atom. The molecule has 0 spiro atoms. The minimum absolute atomic E-state index is 0.0468. The Hall–Kier alpha value is -2.17. The average Bonchev–Trinajstić information content (AvgIpc) is 2.35. The zero-order chi connectivity index (χ0) is 13.1. The zero-order valence-electron chi connectivity index (χ0n) is 10.4. The van der Waals surface area contributed by atoms with Crippen LogP contribution in [0.5, 0.6) is 0 Å². The van der Waals surface area contributed by atoms with Gasteiger partial charge in [0.05, 0.1) is 11.9 Å². The van der Waals surface area contributed by atoms with E-state index in [2.05, 4.69) is 9.97 Å². The van der Waals surface area contributed by atoms with E-state index in [4.69, 9.17) is 5.11 Å². The Morgan fingerprint density at radius 3 is 2.67 bits per heavy atom. The second kappa shape index (κ2) is 5.00. The van der Waals surface area contributed by atoms with Gasteiger partial charge in [0.2, 0.25) is 0 Å². The van der Waals surface area contributed by atoms with Crippen LogP contribution < -0.4 is 4.90 Å². The molecule has 0 amide bonds. The summed E-state index contributed by atoms with van der Waals surface area (Å²) in [7, 11) is 3.82. The first-order valence-electron chi connectivity index (χ1n) is 5.72. The number of aliphatic carboxylic acids is 1. The molecule has 0 bridgehead atoms. The number of aromatic nitrogens is 2. The minimum Gasteiger partial charge on any atom is -0.481 e. The molecular formula is C13H15N3O2. The summed E-state index contributed by atoms with van der Waals surface area (Å²) in [5.74, 6) is 0.555. The summed E-state index contributed by atoms with van der Waals surface area (Å²) in [5.41, 5.74) is 0.844. The molecule has 1 heterocycles. The molecule has 0 aliphatic heterocycles. The Morgan fingerprint density at radius 2 is 2.00 bits per heavy atom. The number of fused-ring (bicyclic) bond motifs is 1. The van der Waals surface area contributed by atoms with Crippen molar-refractivity contribution >= 4 is 22.7 Å². The maximum absolute atomic E-state index is 10.6. The molecule has 0 aliphatic carbocycles. The fourth-order valence-electron chi connectivity index (χ4n) is 1.78. The second-order valence-corrected chi connectivity index (χ2v) is 4.27. The number of carbonyl (C=O) groups is 1. The zero-order valence-corrected chi connectivity index (χ0v) is 10.4. The molecule has 0 atom stereocenters. The van der Waals surface area contributed by atoms with Crippen molar-refractivity contribution in [2.45, 2.75) is 12.8 Å². The van der Waals surface area contributed by atoms with Crippen molar-refractivity contribution in [3.8, 4) is 0 Å². The van der Waals surface area contributed by atoms with Crippen LogP contribution in [0.3, 0.4) is 0 Å². The number of hydrogen-bond acceptors (Lipinski definition) is 4. The third kappa shape index (κ3) is 2.56. The van der Waals surface area contributed by atoms with Crippen LogP contribution in [0, 0.1) is 0 Å². The van der Waals surface area contributed by atoms with E-state index in [0.717, 1.165) is 16.7 Å². The van der Waals surface area contributed by atoms with E-state index in [-0.39, 0.29) is 6.42 Å². The number of carboxylic acid groups (broad SMARTS) is 1. The van der Waals surface area contributed by atoms with Crippen LogP contribution in [0.15, 0.2) is 24.3 Å². The van der Waals surface area contributed by atoms with E-state index >= 15 is 0 Å². The van der Waals surface area contributed by atoms with Gasteiger partial charge < -0.3 is 10.0 Å². The number of anilines is 1. The van der Waals surface area contributed by atoms with Gasteiger partial charge in [0.1, 0.15) is 11.6 Å². The van der Waals surface area contributed by atoms with Gasteiger partial charge >= 0.3 is 5.97 Å². The van der Waals surface area contributed by atoms with Gasteiger partial charge in [-0.25, -0.2) is 9.97 Å². The van der Waals surface area contributed by atoms with Gasteiger partial charge in [-0.05, 0) is 12.1 Å². The summed E-state index contributed by atoms with van der Waals surface area (Å²) in [5, 5.41) is 9.67. The molecule has 5 heteroatoms. The molecule has 0 saturated carbocycles. The van der Waals surface area contributed by atoms with Crippen molar-refractivity contribution in [2.75, 3.05) is 19.0 Å². The number of para-hydroxylation sites is 1. The Balaban J connectivity index is 2.47. The molecule has 1 aromatic heterocycles. The second-order valence-electron chi connectivity index (χ2n) is 4.27. The maximum Gasteiger partial charge on any atom is 0.303 e. The van der Waals surface area contributed by atoms with Gasteiger partial charge in [0, 0.05) is 25.9 Å². The van der Waals surface area contributed by atoms with Crippen LogP contribution >= 0.6 is 0 Å². The highest BCUT2D eigenvalue weighted by atomic mass is 16.4. The van der Waals surface area contributed by atoms with Crippen molar-refractivity contribution in [1.82, 2.24) is 9.97 Å². The molecule has 0 saturated heterocycles. The van der Waals surface area contributed by atoms with Crippen LogP contribution in [-0.4, -0.2) is 35.1 Å². The lowest BCUT2D eigenvalue weighted by Gasteiger charge is -2.15. The average molecular weight is 245 g/mol. The predicted octanol–water partition coefficient (Wildman–Crippen LogP) is 1.71. The smallest absolute Gasteiger partial charge is 0.303 e. The van der Waals surface area contributed by atoms with Crippen LogP contribution in [0.4, 0.5) is 5.82 Å². The molecule has 0 unspecified atom stereocenters. The van der Waals surface area contributed by atoms with E-state index in [0.29, 0.717) is 12.2 Å². The molecule has 1 N–H and O–H groups in total.